The molecule has 0 N–H and O–H groups in total. The Balaban J connectivity index is 1.60. The van der Waals surface area contributed by atoms with Gasteiger partial charge >= 0.3 is 0 Å². The quantitative estimate of drug-likeness (QED) is 0.493. The highest BCUT2D eigenvalue weighted by molar-refractivity contribution is 4.71. The van der Waals surface area contributed by atoms with E-state index < -0.39 is 0 Å². The van der Waals surface area contributed by atoms with Crippen LogP contribution >= 0.6 is 0 Å². The molecule has 0 amide bonds. The Labute approximate surface area is 122 Å². The fourth-order valence-electron chi connectivity index (χ4n) is 2.70. The lowest BCUT2D eigenvalue weighted by Crippen LogP contribution is -2.42. The van der Waals surface area contributed by atoms with Gasteiger partial charge in [-0.2, -0.15) is 9.36 Å². The molecule has 2 rings (SSSR count). The first kappa shape index (κ1) is 14.8. The second kappa shape index (κ2) is 7.88. The zero-order chi connectivity index (χ0) is 14.2. The third-order valence-corrected chi connectivity index (χ3v) is 3.86. The van der Waals surface area contributed by atoms with Crippen molar-refractivity contribution in [1.29, 1.82) is 0 Å². The summed E-state index contributed by atoms with van der Waals surface area (Å²) in [6.07, 6.45) is 13.8. The van der Waals surface area contributed by atoms with Crippen LogP contribution in [0.15, 0.2) is 36.9 Å². The third kappa shape index (κ3) is 3.95. The molecule has 0 bridgehead atoms. The van der Waals surface area contributed by atoms with Gasteiger partial charge in [-0.05, 0) is 26.7 Å². The lowest BCUT2D eigenvalue weighted by Gasteiger charge is -2.01. The summed E-state index contributed by atoms with van der Waals surface area (Å²) in [7, 11) is 0. The van der Waals surface area contributed by atoms with Crippen LogP contribution in [0.5, 0.6) is 0 Å². The van der Waals surface area contributed by atoms with Crippen molar-refractivity contribution in [3.8, 4) is 0 Å². The molecule has 20 heavy (non-hydrogen) atoms. The van der Waals surface area contributed by atoms with Gasteiger partial charge in [0.1, 0.15) is 0 Å². The van der Waals surface area contributed by atoms with Crippen LogP contribution in [0.25, 0.3) is 0 Å². The average Bonchev–Trinajstić information content (AvgIpc) is 3.10. The monoisotopic (exact) mass is 276 g/mol. The second-order valence-corrected chi connectivity index (χ2v) is 5.23. The Kier molecular flexibility index (Phi) is 5.84. The molecule has 0 atom stereocenters. The van der Waals surface area contributed by atoms with E-state index in [0.29, 0.717) is 0 Å². The SMILES string of the molecule is CCn1ccc[n+]1CCCCCC[n+]1cccn1CC. The molecule has 0 aromatic carbocycles. The molecule has 0 aliphatic carbocycles. The van der Waals surface area contributed by atoms with E-state index in [1.54, 1.807) is 0 Å². The van der Waals surface area contributed by atoms with Gasteiger partial charge in [-0.3, -0.25) is 0 Å². The minimum atomic E-state index is 1.05. The minimum absolute atomic E-state index is 1.05. The van der Waals surface area contributed by atoms with Crippen molar-refractivity contribution < 1.29 is 9.36 Å². The van der Waals surface area contributed by atoms with E-state index in [-0.39, 0.29) is 0 Å². The van der Waals surface area contributed by atoms with Crippen molar-refractivity contribution in [2.24, 2.45) is 0 Å². The number of unbranched alkanes of at least 4 members (excludes halogenated alkanes) is 3. The van der Waals surface area contributed by atoms with Crippen molar-refractivity contribution in [2.75, 3.05) is 0 Å². The van der Waals surface area contributed by atoms with Crippen molar-refractivity contribution in [3.63, 3.8) is 0 Å². The van der Waals surface area contributed by atoms with Crippen molar-refractivity contribution >= 4 is 0 Å². The lowest BCUT2D eigenvalue weighted by molar-refractivity contribution is -0.776. The summed E-state index contributed by atoms with van der Waals surface area (Å²) in [5, 5.41) is 0. The van der Waals surface area contributed by atoms with E-state index >= 15 is 0 Å². The first-order chi connectivity index (χ1) is 9.85. The molecule has 0 saturated heterocycles. The normalized spacial score (nSPS) is 11.1. The maximum Gasteiger partial charge on any atom is 0.195 e. The van der Waals surface area contributed by atoms with Crippen LogP contribution in [0.1, 0.15) is 39.5 Å². The van der Waals surface area contributed by atoms with E-state index in [2.05, 4.69) is 69.5 Å². The van der Waals surface area contributed by atoms with Crippen LogP contribution in [-0.2, 0) is 26.2 Å². The molecular weight excluding hydrogens is 248 g/mol. The van der Waals surface area contributed by atoms with Crippen LogP contribution in [0, 0.1) is 0 Å². The Morgan fingerprint density at radius 1 is 0.700 bits per heavy atom. The topological polar surface area (TPSA) is 17.6 Å². The van der Waals surface area contributed by atoms with E-state index in [9.17, 15) is 0 Å². The predicted molar refractivity (Wildman–Crippen MR) is 79.1 cm³/mol. The molecule has 0 aliphatic rings. The number of nitrogens with zero attached hydrogens (tertiary/aromatic N) is 4. The molecule has 4 nitrogen and oxygen atoms in total. The van der Waals surface area contributed by atoms with Gasteiger partial charge in [-0.1, -0.05) is 0 Å². The molecule has 0 aliphatic heterocycles. The van der Waals surface area contributed by atoms with E-state index in [4.69, 9.17) is 0 Å². The molecular formula is C16H28N4+2. The summed E-state index contributed by atoms with van der Waals surface area (Å²) in [4.78, 5) is 0. The number of rotatable bonds is 9. The Bertz CT molecular complexity index is 452. The standard InChI is InChI=1S/C16H28N4/c1-3-17-13-9-15-19(17)11-7-5-6-8-12-20-16-10-14-18(20)4-2/h9-10,13-16H,3-8,11-12H2,1-2H3/q+2. The zero-order valence-electron chi connectivity index (χ0n) is 12.9. The molecule has 0 spiro atoms. The third-order valence-electron chi connectivity index (χ3n) is 3.86. The molecule has 2 aromatic rings. The zero-order valence-corrected chi connectivity index (χ0v) is 12.9. The summed E-state index contributed by atoms with van der Waals surface area (Å²) in [5.74, 6) is 0. The van der Waals surface area contributed by atoms with Gasteiger partial charge in [0, 0.05) is 25.0 Å². The van der Waals surface area contributed by atoms with Crippen molar-refractivity contribution in [3.05, 3.63) is 36.9 Å². The largest absolute Gasteiger partial charge is 0.195 e. The smallest absolute Gasteiger partial charge is 0.161 e. The summed E-state index contributed by atoms with van der Waals surface area (Å²) >= 11 is 0. The highest BCUT2D eigenvalue weighted by Gasteiger charge is 2.07. The fraction of sp³-hybridized carbons (Fsp3) is 0.625. The summed E-state index contributed by atoms with van der Waals surface area (Å²) in [6.45, 7) is 8.76. The number of hydrogen-bond donors (Lipinski definition) is 0. The highest BCUT2D eigenvalue weighted by atomic mass is 15.4. The number of hydrogen-bond acceptors (Lipinski definition) is 0. The Morgan fingerprint density at radius 2 is 1.15 bits per heavy atom. The van der Waals surface area contributed by atoms with Crippen LogP contribution in [-0.4, -0.2) is 9.36 Å². The van der Waals surface area contributed by atoms with Gasteiger partial charge < -0.3 is 0 Å². The average molecular weight is 276 g/mol. The van der Waals surface area contributed by atoms with Gasteiger partial charge in [-0.15, -0.1) is 9.36 Å². The molecule has 0 unspecified atom stereocenters. The van der Waals surface area contributed by atoms with Gasteiger partial charge in [0.15, 0.2) is 25.5 Å². The van der Waals surface area contributed by atoms with Crippen LogP contribution in [0.3, 0.4) is 0 Å². The van der Waals surface area contributed by atoms with Crippen LogP contribution in [0.4, 0.5) is 0 Å². The molecule has 0 fully saturated rings. The molecule has 0 radical (unpaired) electrons. The highest BCUT2D eigenvalue weighted by Crippen LogP contribution is 2.00. The second-order valence-electron chi connectivity index (χ2n) is 5.23. The van der Waals surface area contributed by atoms with E-state index in [1.165, 1.54) is 25.7 Å². The maximum atomic E-state index is 2.32. The molecule has 4 heteroatoms. The van der Waals surface area contributed by atoms with Gasteiger partial charge in [0.05, 0.1) is 25.5 Å². The number of aryl methyl sites for hydroxylation is 4. The van der Waals surface area contributed by atoms with E-state index in [0.717, 1.165) is 26.2 Å². The molecule has 2 heterocycles. The molecule has 110 valence electrons. The van der Waals surface area contributed by atoms with Crippen LogP contribution in [0.2, 0.25) is 0 Å². The van der Waals surface area contributed by atoms with Gasteiger partial charge in [0.25, 0.3) is 0 Å². The van der Waals surface area contributed by atoms with Crippen molar-refractivity contribution in [1.82, 2.24) is 9.36 Å². The maximum absolute atomic E-state index is 2.32. The summed E-state index contributed by atoms with van der Waals surface area (Å²) in [6, 6.07) is 4.25. The molecule has 2 aromatic heterocycles. The van der Waals surface area contributed by atoms with Gasteiger partial charge in [-0.25, -0.2) is 0 Å². The first-order valence-corrected chi connectivity index (χ1v) is 7.95. The van der Waals surface area contributed by atoms with Gasteiger partial charge in [0.2, 0.25) is 0 Å². The lowest BCUT2D eigenvalue weighted by atomic mass is 10.2. The van der Waals surface area contributed by atoms with E-state index in [1.807, 2.05) is 0 Å². The van der Waals surface area contributed by atoms with Crippen molar-refractivity contribution in [2.45, 2.75) is 65.7 Å². The summed E-state index contributed by atoms with van der Waals surface area (Å²) < 4.78 is 9.17. The first-order valence-electron chi connectivity index (χ1n) is 7.95. The Hall–Kier alpha value is -1.58. The summed E-state index contributed by atoms with van der Waals surface area (Å²) in [5.41, 5.74) is 0. The van der Waals surface area contributed by atoms with Crippen LogP contribution < -0.4 is 9.36 Å². The predicted octanol–water partition coefficient (Wildman–Crippen LogP) is 2.17. The Morgan fingerprint density at radius 3 is 1.55 bits per heavy atom. The fourth-order valence-corrected chi connectivity index (χ4v) is 2.70. The number of aromatic nitrogens is 4. The minimum Gasteiger partial charge on any atom is -0.161 e. The molecule has 0 saturated carbocycles.